The summed E-state index contributed by atoms with van der Waals surface area (Å²) in [5, 5.41) is 0. The Hall–Kier alpha value is 2.35. The molecule has 0 aromatic carbocycles. The van der Waals surface area contributed by atoms with Gasteiger partial charge in [-0.1, -0.05) is 0 Å². The molecule has 0 unspecified atom stereocenters. The van der Waals surface area contributed by atoms with Crippen LogP contribution in [0.15, 0.2) is 0 Å². The maximum absolute atomic E-state index is 8.00. The minimum atomic E-state index is 0. The van der Waals surface area contributed by atoms with E-state index in [-0.39, 0.29) is 60.8 Å². The third-order valence-electron chi connectivity index (χ3n) is 0. The quantitative estimate of drug-likeness (QED) is 0.357. The van der Waals surface area contributed by atoms with Crippen LogP contribution in [0.2, 0.25) is 0 Å². The second-order valence-corrected chi connectivity index (χ2v) is 0. The van der Waals surface area contributed by atoms with Gasteiger partial charge in [0.25, 0.3) is 0 Å². The Kier molecular flexibility index (Phi) is 74.3. The van der Waals surface area contributed by atoms with Gasteiger partial charge >= 0.3 is 80.6 Å². The predicted molar refractivity (Wildman–Crippen MR) is 17.8 cm³/mol. The molecule has 0 amide bonds. The van der Waals surface area contributed by atoms with E-state index < -0.39 is 0 Å². The van der Waals surface area contributed by atoms with Crippen molar-refractivity contribution < 1.29 is 19.8 Å². The molecule has 4 heteroatoms. The van der Waals surface area contributed by atoms with Gasteiger partial charge in [0, 0.05) is 0 Å². The fourth-order valence-corrected chi connectivity index (χ4v) is 0. The summed E-state index contributed by atoms with van der Waals surface area (Å²) in [4.78, 5) is 0. The summed E-state index contributed by atoms with van der Waals surface area (Å²) in [7, 11) is 0. The first-order chi connectivity index (χ1) is 1.00. The Morgan fingerprint density at radius 3 is 1.25 bits per heavy atom. The van der Waals surface area contributed by atoms with Crippen LogP contribution in [-0.2, 0) is 19.8 Å². The van der Waals surface area contributed by atoms with E-state index in [0.717, 1.165) is 0 Å². The third kappa shape index (κ3) is 8.84. The van der Waals surface area contributed by atoms with Crippen LogP contribution < -0.4 is 0 Å². The average molecular weight is 140 g/mol. The van der Waals surface area contributed by atoms with Crippen molar-refractivity contribution in [3.63, 3.8) is 0 Å². The number of rotatable bonds is 0. The molecule has 0 bridgehead atoms. The van der Waals surface area contributed by atoms with Crippen molar-refractivity contribution in [2.45, 2.75) is 0 Å². The van der Waals surface area contributed by atoms with Crippen LogP contribution >= 0.6 is 0 Å². The van der Waals surface area contributed by atoms with Crippen molar-refractivity contribution in [3.8, 4) is 0 Å². The molecule has 0 aliphatic rings. The van der Waals surface area contributed by atoms with Crippen molar-refractivity contribution in [3.05, 3.63) is 0 Å². The third-order valence-corrected chi connectivity index (χ3v) is 0. The number of hydrogen-bond donors (Lipinski definition) is 0. The van der Waals surface area contributed by atoms with Crippen LogP contribution in [0.3, 0.4) is 0 Å². The average Bonchev–Trinajstić information content (AvgIpc) is 1.00. The SMILES string of the molecule is [CaH2].[MgH2].[O]=[Fe]. The molecule has 0 saturated carbocycles. The topological polar surface area (TPSA) is 17.1 Å². The standard InChI is InChI=1S/Ca.Fe.Mg.O.4H. The molecule has 0 N–H and O–H groups in total. The van der Waals surface area contributed by atoms with E-state index >= 15 is 0 Å². The van der Waals surface area contributed by atoms with E-state index in [1.807, 2.05) is 15.9 Å². The van der Waals surface area contributed by atoms with Gasteiger partial charge in [-0.15, -0.1) is 0 Å². The van der Waals surface area contributed by atoms with Crippen LogP contribution in [0, 0.1) is 0 Å². The molecule has 0 aliphatic carbocycles. The Balaban J connectivity index is -0.00000000500. The summed E-state index contributed by atoms with van der Waals surface area (Å²) in [6, 6.07) is 0. The first kappa shape index (κ1) is 16.2. The predicted octanol–water partition coefficient (Wildman–Crippen LogP) is -1.95. The van der Waals surface area contributed by atoms with Gasteiger partial charge in [0.1, 0.15) is 0 Å². The molecule has 0 aliphatic heterocycles. The van der Waals surface area contributed by atoms with Gasteiger partial charge < -0.3 is 0 Å². The van der Waals surface area contributed by atoms with E-state index in [2.05, 4.69) is 0 Å². The minimum absolute atomic E-state index is 0. The van der Waals surface area contributed by atoms with Crippen molar-refractivity contribution in [1.82, 2.24) is 0 Å². The van der Waals surface area contributed by atoms with E-state index in [4.69, 9.17) is 3.83 Å². The molecule has 0 atom stereocenters. The maximum atomic E-state index is 8.00. The zero-order valence-corrected chi connectivity index (χ0v) is 1.87. The summed E-state index contributed by atoms with van der Waals surface area (Å²) in [6.45, 7) is 0. The molecule has 0 rings (SSSR count). The Bertz CT molecular complexity index is 8.00. The van der Waals surface area contributed by atoms with Gasteiger partial charge in [-0.3, -0.25) is 0 Å². The second kappa shape index (κ2) is 18.3. The molecule has 1 nitrogen and oxygen atoms in total. The van der Waals surface area contributed by atoms with Crippen LogP contribution in [0.25, 0.3) is 0 Å². The monoisotopic (exact) mass is 140 g/mol. The second-order valence-electron chi connectivity index (χ2n) is 0. The number of hydrogen-bond acceptors (Lipinski definition) is 1. The molecule has 0 aromatic heterocycles. The fraction of sp³-hybridized carbons (Fsp3) is 0. The van der Waals surface area contributed by atoms with E-state index in [1.165, 1.54) is 0 Å². The van der Waals surface area contributed by atoms with Gasteiger partial charge in [0.2, 0.25) is 0 Å². The van der Waals surface area contributed by atoms with Crippen LogP contribution in [0.4, 0.5) is 0 Å². The van der Waals surface area contributed by atoms with Gasteiger partial charge in [-0.2, -0.15) is 0 Å². The first-order valence-electron chi connectivity index (χ1n) is 0.144. The van der Waals surface area contributed by atoms with Gasteiger partial charge in [-0.05, 0) is 0 Å². The Morgan fingerprint density at radius 1 is 1.25 bits per heavy atom. The van der Waals surface area contributed by atoms with Crippen LogP contribution in [-0.4, -0.2) is 60.8 Å². The summed E-state index contributed by atoms with van der Waals surface area (Å²) in [5.74, 6) is 0. The molecule has 0 saturated heterocycles. The summed E-state index contributed by atoms with van der Waals surface area (Å²) < 4.78 is 8.00. The zero-order chi connectivity index (χ0) is 2.00. The Morgan fingerprint density at radius 2 is 1.25 bits per heavy atom. The summed E-state index contributed by atoms with van der Waals surface area (Å²) >= 11 is 2.00. The normalized spacial score (nSPS) is 1.25. The van der Waals surface area contributed by atoms with Gasteiger partial charge in [-0.25, -0.2) is 0 Å². The van der Waals surface area contributed by atoms with Crippen molar-refractivity contribution in [1.29, 1.82) is 0 Å². The first-order valence-corrected chi connectivity index (χ1v) is 0.595. The van der Waals surface area contributed by atoms with Gasteiger partial charge in [0.15, 0.2) is 0 Å². The van der Waals surface area contributed by atoms with Gasteiger partial charge in [0.05, 0.1) is 0 Å². The van der Waals surface area contributed by atoms with E-state index in [1.54, 1.807) is 0 Å². The zero-order valence-electron chi connectivity index (χ0n) is 0.762. The van der Waals surface area contributed by atoms with E-state index in [0.29, 0.717) is 0 Å². The van der Waals surface area contributed by atoms with Crippen molar-refractivity contribution >= 4 is 60.8 Å². The molecule has 22 valence electrons. The summed E-state index contributed by atoms with van der Waals surface area (Å²) in [6.07, 6.45) is 0. The fourth-order valence-electron chi connectivity index (χ4n) is 0. The molecule has 0 aromatic rings. The molecule has 0 spiro atoms. The van der Waals surface area contributed by atoms with Crippen molar-refractivity contribution in [2.75, 3.05) is 0 Å². The molecular formula is H4CaFeMgO. The Labute approximate surface area is 79.1 Å². The van der Waals surface area contributed by atoms with Crippen molar-refractivity contribution in [2.24, 2.45) is 0 Å². The molecule has 0 heterocycles. The molecule has 0 fully saturated rings. The van der Waals surface area contributed by atoms with Crippen LogP contribution in [0.1, 0.15) is 0 Å². The summed E-state index contributed by atoms with van der Waals surface area (Å²) in [5.41, 5.74) is 0. The van der Waals surface area contributed by atoms with E-state index in [9.17, 15) is 0 Å². The molecular weight excluding hydrogens is 136 g/mol. The molecule has 0 radical (unpaired) electrons. The molecule has 4 heavy (non-hydrogen) atoms. The van der Waals surface area contributed by atoms with Crippen LogP contribution in [0.5, 0.6) is 0 Å².